The van der Waals surface area contributed by atoms with Gasteiger partial charge in [-0.2, -0.15) is 8.78 Å². The van der Waals surface area contributed by atoms with Crippen LogP contribution in [0.4, 0.5) is 8.78 Å². The number of nitrogens with one attached hydrogen (secondary N) is 1. The number of aliphatic hydroxyl groups is 1. The number of ether oxygens (including phenoxy) is 1. The van der Waals surface area contributed by atoms with E-state index >= 15 is 0 Å². The van der Waals surface area contributed by atoms with Gasteiger partial charge < -0.3 is 15.2 Å². The maximum Gasteiger partial charge on any atom is 0.387 e. The van der Waals surface area contributed by atoms with Crippen molar-refractivity contribution in [2.45, 2.75) is 19.6 Å². The Balaban J connectivity index is 2.40. The highest BCUT2D eigenvalue weighted by Gasteiger charge is 2.17. The maximum atomic E-state index is 12.5. The molecule has 2 rings (SSSR count). The highest BCUT2D eigenvalue weighted by atomic mass is 19.3. The van der Waals surface area contributed by atoms with Crippen LogP contribution in [0.1, 0.15) is 17.3 Å². The van der Waals surface area contributed by atoms with Gasteiger partial charge in [-0.3, -0.25) is 4.79 Å². The van der Waals surface area contributed by atoms with Crippen LogP contribution in [0.3, 0.4) is 0 Å². The summed E-state index contributed by atoms with van der Waals surface area (Å²) in [5.41, 5.74) is 0.00894. The number of benzene rings is 2. The predicted octanol–water partition coefficient (Wildman–Crippen LogP) is 2.55. The number of hydrogen-bond acceptors (Lipinski definition) is 3. The first-order chi connectivity index (χ1) is 9.97. The molecule has 0 bridgehead atoms. The summed E-state index contributed by atoms with van der Waals surface area (Å²) in [5, 5.41) is 13.1. The van der Waals surface area contributed by atoms with Gasteiger partial charge in [0, 0.05) is 6.54 Å². The largest absolute Gasteiger partial charge is 0.434 e. The van der Waals surface area contributed by atoms with Crippen LogP contribution in [0.15, 0.2) is 36.4 Å². The molecule has 2 aromatic carbocycles. The van der Waals surface area contributed by atoms with Crippen molar-refractivity contribution >= 4 is 16.7 Å². The molecule has 0 saturated heterocycles. The van der Waals surface area contributed by atoms with Crippen LogP contribution in [0.2, 0.25) is 0 Å². The molecule has 112 valence electrons. The molecule has 0 spiro atoms. The minimum atomic E-state index is -3.02. The number of amides is 1. The Morgan fingerprint density at radius 1 is 1.29 bits per heavy atom. The second-order valence-electron chi connectivity index (χ2n) is 4.63. The second kappa shape index (κ2) is 6.49. The van der Waals surface area contributed by atoms with Crippen molar-refractivity contribution in [2.75, 3.05) is 6.54 Å². The normalized spacial score (nSPS) is 12.4. The van der Waals surface area contributed by atoms with Gasteiger partial charge in [0.25, 0.3) is 5.91 Å². The van der Waals surface area contributed by atoms with Gasteiger partial charge in [0.2, 0.25) is 0 Å². The number of hydrogen-bond donors (Lipinski definition) is 2. The molecule has 1 unspecified atom stereocenters. The topological polar surface area (TPSA) is 58.6 Å². The van der Waals surface area contributed by atoms with Gasteiger partial charge >= 0.3 is 6.61 Å². The molecule has 4 nitrogen and oxygen atoms in total. The van der Waals surface area contributed by atoms with E-state index in [0.717, 1.165) is 5.39 Å². The first-order valence-electron chi connectivity index (χ1n) is 6.41. The van der Waals surface area contributed by atoms with Crippen molar-refractivity contribution in [3.63, 3.8) is 0 Å². The van der Waals surface area contributed by atoms with E-state index in [2.05, 4.69) is 10.1 Å². The van der Waals surface area contributed by atoms with E-state index in [1.54, 1.807) is 24.3 Å². The molecule has 0 aliphatic heterocycles. The van der Waals surface area contributed by atoms with Gasteiger partial charge in [0.15, 0.2) is 0 Å². The minimum Gasteiger partial charge on any atom is -0.434 e. The van der Waals surface area contributed by atoms with E-state index in [1.807, 2.05) is 0 Å². The standard InChI is InChI=1S/C15H15F2NO3/c1-9(19)8-18-14(20)12-6-10-4-2-3-5-11(10)7-13(12)21-15(16)17/h2-7,9,15,19H,8H2,1H3,(H,18,20). The van der Waals surface area contributed by atoms with Crippen molar-refractivity contribution in [1.29, 1.82) is 0 Å². The number of carbonyl (C=O) groups excluding carboxylic acids is 1. The van der Waals surface area contributed by atoms with Crippen LogP contribution in [0.5, 0.6) is 5.75 Å². The fraction of sp³-hybridized carbons (Fsp3) is 0.267. The van der Waals surface area contributed by atoms with Crippen LogP contribution in [0.25, 0.3) is 10.8 Å². The van der Waals surface area contributed by atoms with Gasteiger partial charge in [0.1, 0.15) is 5.75 Å². The van der Waals surface area contributed by atoms with Gasteiger partial charge in [-0.25, -0.2) is 0 Å². The fourth-order valence-corrected chi connectivity index (χ4v) is 1.93. The number of halogens is 2. The summed E-state index contributed by atoms with van der Waals surface area (Å²) in [4.78, 5) is 12.0. The Hall–Kier alpha value is -2.21. The average Bonchev–Trinajstić information content (AvgIpc) is 2.43. The lowest BCUT2D eigenvalue weighted by Gasteiger charge is -2.13. The highest BCUT2D eigenvalue weighted by molar-refractivity contribution is 6.01. The molecule has 2 aromatic rings. The summed E-state index contributed by atoms with van der Waals surface area (Å²) in [6.07, 6.45) is -0.728. The molecule has 21 heavy (non-hydrogen) atoms. The minimum absolute atomic E-state index is 0.00894. The summed E-state index contributed by atoms with van der Waals surface area (Å²) in [6, 6.07) is 9.95. The number of carbonyl (C=O) groups is 1. The summed E-state index contributed by atoms with van der Waals surface area (Å²) in [6.45, 7) is -1.48. The Labute approximate surface area is 120 Å². The van der Waals surface area contributed by atoms with Crippen molar-refractivity contribution in [2.24, 2.45) is 0 Å². The zero-order valence-corrected chi connectivity index (χ0v) is 11.3. The Kier molecular flexibility index (Phi) is 4.70. The van der Waals surface area contributed by atoms with E-state index in [1.165, 1.54) is 19.1 Å². The zero-order chi connectivity index (χ0) is 15.4. The zero-order valence-electron chi connectivity index (χ0n) is 11.3. The van der Waals surface area contributed by atoms with Gasteiger partial charge in [0.05, 0.1) is 11.7 Å². The molecule has 0 aliphatic rings. The molecule has 0 fully saturated rings. The van der Waals surface area contributed by atoms with Crippen LogP contribution < -0.4 is 10.1 Å². The third kappa shape index (κ3) is 3.88. The Morgan fingerprint density at radius 2 is 1.90 bits per heavy atom. The van der Waals surface area contributed by atoms with E-state index in [-0.39, 0.29) is 17.9 Å². The van der Waals surface area contributed by atoms with Gasteiger partial charge in [-0.05, 0) is 29.8 Å². The number of alkyl halides is 2. The molecule has 0 saturated carbocycles. The number of rotatable bonds is 5. The summed E-state index contributed by atoms with van der Waals surface area (Å²) < 4.78 is 29.4. The molecule has 0 heterocycles. The molecular formula is C15H15F2NO3. The van der Waals surface area contributed by atoms with Gasteiger partial charge in [-0.1, -0.05) is 24.3 Å². The summed E-state index contributed by atoms with van der Waals surface area (Å²) in [5.74, 6) is -0.760. The van der Waals surface area contributed by atoms with E-state index < -0.39 is 18.6 Å². The third-order valence-electron chi connectivity index (χ3n) is 2.87. The fourth-order valence-electron chi connectivity index (χ4n) is 1.93. The van der Waals surface area contributed by atoms with Crippen LogP contribution in [0, 0.1) is 0 Å². The van der Waals surface area contributed by atoms with Crippen molar-refractivity contribution in [3.8, 4) is 5.75 Å². The van der Waals surface area contributed by atoms with Crippen molar-refractivity contribution < 1.29 is 23.4 Å². The SMILES string of the molecule is CC(O)CNC(=O)c1cc2ccccc2cc1OC(F)F. The van der Waals surface area contributed by atoms with E-state index in [9.17, 15) is 13.6 Å². The monoisotopic (exact) mass is 295 g/mol. The summed E-state index contributed by atoms with van der Waals surface area (Å²) >= 11 is 0. The van der Waals surface area contributed by atoms with Crippen LogP contribution in [-0.2, 0) is 0 Å². The van der Waals surface area contributed by atoms with Crippen LogP contribution in [-0.4, -0.2) is 30.3 Å². The molecule has 0 aliphatic carbocycles. The van der Waals surface area contributed by atoms with Crippen molar-refractivity contribution in [1.82, 2.24) is 5.32 Å². The van der Waals surface area contributed by atoms with Gasteiger partial charge in [-0.15, -0.1) is 0 Å². The smallest absolute Gasteiger partial charge is 0.387 e. The number of aliphatic hydroxyl groups excluding tert-OH is 1. The average molecular weight is 295 g/mol. The lowest BCUT2D eigenvalue weighted by Crippen LogP contribution is -2.31. The van der Waals surface area contributed by atoms with E-state index in [0.29, 0.717) is 5.39 Å². The van der Waals surface area contributed by atoms with Crippen molar-refractivity contribution in [3.05, 3.63) is 42.0 Å². The number of fused-ring (bicyclic) bond motifs is 1. The lowest BCUT2D eigenvalue weighted by molar-refractivity contribution is -0.0500. The lowest BCUT2D eigenvalue weighted by atomic mass is 10.1. The first kappa shape index (κ1) is 15.2. The third-order valence-corrected chi connectivity index (χ3v) is 2.87. The molecule has 1 atom stereocenters. The quantitative estimate of drug-likeness (QED) is 0.891. The first-order valence-corrected chi connectivity index (χ1v) is 6.41. The highest BCUT2D eigenvalue weighted by Crippen LogP contribution is 2.27. The maximum absolute atomic E-state index is 12.5. The van der Waals surface area contributed by atoms with Crippen LogP contribution >= 0.6 is 0 Å². The molecule has 6 heteroatoms. The second-order valence-corrected chi connectivity index (χ2v) is 4.63. The molecule has 1 amide bonds. The molecular weight excluding hydrogens is 280 g/mol. The molecule has 2 N–H and O–H groups in total. The molecule has 0 aromatic heterocycles. The Morgan fingerprint density at radius 3 is 2.48 bits per heavy atom. The van der Waals surface area contributed by atoms with E-state index in [4.69, 9.17) is 5.11 Å². The molecule has 0 radical (unpaired) electrons. The Bertz CT molecular complexity index is 644. The predicted molar refractivity (Wildman–Crippen MR) is 74.6 cm³/mol. The summed E-state index contributed by atoms with van der Waals surface area (Å²) in [7, 11) is 0.